The fraction of sp³-hybridized carbons (Fsp3) is 0.125. The van der Waals surface area contributed by atoms with Gasteiger partial charge in [-0.1, -0.05) is 36.7 Å². The van der Waals surface area contributed by atoms with Crippen LogP contribution in [0.1, 0.15) is 12.5 Å². The molecule has 0 spiro atoms. The van der Waals surface area contributed by atoms with Gasteiger partial charge in [0.15, 0.2) is 20.9 Å². The lowest BCUT2D eigenvalue weighted by molar-refractivity contribution is 0.474. The molecule has 0 bridgehead atoms. The Morgan fingerprint density at radius 2 is 1.85 bits per heavy atom. The van der Waals surface area contributed by atoms with Gasteiger partial charge in [-0.2, -0.15) is 0 Å². The van der Waals surface area contributed by atoms with E-state index in [0.717, 1.165) is 23.1 Å². The van der Waals surface area contributed by atoms with Crippen LogP contribution in [0.25, 0.3) is 22.0 Å². The van der Waals surface area contributed by atoms with E-state index < -0.39 is 26.7 Å². The van der Waals surface area contributed by atoms with E-state index in [1.165, 1.54) is 13.0 Å². The third kappa shape index (κ3) is 5.12. The lowest BCUT2D eigenvalue weighted by Gasteiger charge is -2.13. The van der Waals surface area contributed by atoms with Gasteiger partial charge < -0.3 is 9.29 Å². The number of fused-ring (bicyclic) bond motifs is 1. The molecule has 0 aliphatic heterocycles. The average Bonchev–Trinajstić information content (AvgIpc) is 2.79. The Bertz CT molecular complexity index is 1530. The standard InChI is InChI=1S/C24H19ClFNO5S2/c1-2-34(30,31)19-11-16(26)10-18(12-19)32-17-6-7-23(25)22(13-17)20-8-9-27-24-15(14-33(28)29)4-3-5-21(20)24/h3-13H,2,14H2,1H3,(H,28,29). The van der Waals surface area contributed by atoms with Crippen molar-refractivity contribution in [2.75, 3.05) is 5.75 Å². The first-order valence-corrected chi connectivity index (χ1v) is 13.4. The highest BCUT2D eigenvalue weighted by Gasteiger charge is 2.16. The number of benzene rings is 3. The Labute approximate surface area is 203 Å². The molecule has 1 unspecified atom stereocenters. The minimum absolute atomic E-state index is 0.0348. The Morgan fingerprint density at radius 3 is 2.59 bits per heavy atom. The van der Waals surface area contributed by atoms with Crippen LogP contribution in [0.2, 0.25) is 5.02 Å². The Morgan fingerprint density at radius 1 is 1.06 bits per heavy atom. The number of halogens is 2. The summed E-state index contributed by atoms with van der Waals surface area (Å²) >= 11 is 4.46. The van der Waals surface area contributed by atoms with Gasteiger partial charge >= 0.3 is 0 Å². The largest absolute Gasteiger partial charge is 0.457 e. The molecule has 3 aromatic carbocycles. The zero-order valence-electron chi connectivity index (χ0n) is 17.9. The van der Waals surface area contributed by atoms with Crippen LogP contribution < -0.4 is 4.74 Å². The molecule has 0 aliphatic rings. The van der Waals surface area contributed by atoms with Crippen LogP contribution in [-0.4, -0.2) is 27.9 Å². The molecule has 1 atom stereocenters. The molecule has 0 saturated heterocycles. The highest BCUT2D eigenvalue weighted by molar-refractivity contribution is 7.91. The predicted molar refractivity (Wildman–Crippen MR) is 131 cm³/mol. The molecule has 1 heterocycles. The molecule has 0 fully saturated rings. The van der Waals surface area contributed by atoms with Gasteiger partial charge in [0.2, 0.25) is 0 Å². The van der Waals surface area contributed by atoms with E-state index in [9.17, 15) is 21.6 Å². The molecule has 0 radical (unpaired) electrons. The minimum Gasteiger partial charge on any atom is -0.457 e. The number of nitrogens with zero attached hydrogens (tertiary/aromatic N) is 1. The highest BCUT2D eigenvalue weighted by Crippen LogP contribution is 2.37. The molecule has 1 N–H and O–H groups in total. The van der Waals surface area contributed by atoms with Crippen molar-refractivity contribution < 1.29 is 26.3 Å². The van der Waals surface area contributed by atoms with Gasteiger partial charge in [0, 0.05) is 28.2 Å². The number of ether oxygens (including phenoxy) is 1. The van der Waals surface area contributed by atoms with Crippen LogP contribution in [0, 0.1) is 5.82 Å². The maximum atomic E-state index is 14.1. The van der Waals surface area contributed by atoms with E-state index in [1.807, 2.05) is 6.07 Å². The summed E-state index contributed by atoms with van der Waals surface area (Å²) in [7, 11) is -3.62. The smallest absolute Gasteiger partial charge is 0.178 e. The van der Waals surface area contributed by atoms with E-state index in [2.05, 4.69) is 4.98 Å². The molecule has 1 aromatic heterocycles. The minimum atomic E-state index is -3.62. The summed E-state index contributed by atoms with van der Waals surface area (Å²) in [6.07, 6.45) is 1.58. The van der Waals surface area contributed by atoms with Crippen molar-refractivity contribution in [2.24, 2.45) is 0 Å². The van der Waals surface area contributed by atoms with Crippen LogP contribution >= 0.6 is 11.6 Å². The van der Waals surface area contributed by atoms with Crippen LogP contribution in [0.4, 0.5) is 4.39 Å². The molecule has 10 heteroatoms. The van der Waals surface area contributed by atoms with Crippen molar-refractivity contribution in [2.45, 2.75) is 17.6 Å². The Balaban J connectivity index is 1.78. The quantitative estimate of drug-likeness (QED) is 0.301. The van der Waals surface area contributed by atoms with E-state index in [4.69, 9.17) is 16.3 Å². The summed E-state index contributed by atoms with van der Waals surface area (Å²) in [5, 5.41) is 1.15. The van der Waals surface area contributed by atoms with Gasteiger partial charge in [0.05, 0.1) is 21.9 Å². The van der Waals surface area contributed by atoms with Crippen molar-refractivity contribution >= 4 is 43.4 Å². The molecule has 0 amide bonds. The summed E-state index contributed by atoms with van der Waals surface area (Å²) < 4.78 is 64.9. The first kappa shape index (κ1) is 24.3. The SMILES string of the molecule is CCS(=O)(=O)c1cc(F)cc(Oc2ccc(Cl)c(-c3ccnc4c(CS(=O)O)cccc34)c2)c1. The third-order valence-corrected chi connectivity index (χ3v) is 7.78. The van der Waals surface area contributed by atoms with Crippen LogP contribution in [0.15, 0.2) is 71.8 Å². The summed E-state index contributed by atoms with van der Waals surface area (Å²) in [4.78, 5) is 4.21. The second kappa shape index (κ2) is 9.79. The molecule has 4 aromatic rings. The van der Waals surface area contributed by atoms with Crippen LogP contribution in [-0.2, 0) is 26.7 Å². The molecule has 6 nitrogen and oxygen atoms in total. The summed E-state index contributed by atoms with van der Waals surface area (Å²) in [6, 6.07) is 15.3. The second-order valence-corrected chi connectivity index (χ2v) is 11.0. The van der Waals surface area contributed by atoms with Gasteiger partial charge in [-0.25, -0.2) is 17.0 Å². The van der Waals surface area contributed by atoms with Crippen molar-refractivity contribution in [3.63, 3.8) is 0 Å². The summed E-state index contributed by atoms with van der Waals surface area (Å²) in [5.41, 5.74) is 2.52. The zero-order valence-corrected chi connectivity index (χ0v) is 20.3. The molecular formula is C24H19ClFNO5S2. The van der Waals surface area contributed by atoms with Gasteiger partial charge in [0.25, 0.3) is 0 Å². The number of pyridine rings is 1. The average molecular weight is 520 g/mol. The monoisotopic (exact) mass is 519 g/mol. The van der Waals surface area contributed by atoms with Gasteiger partial charge in [-0.3, -0.25) is 4.98 Å². The fourth-order valence-electron chi connectivity index (χ4n) is 3.57. The maximum absolute atomic E-state index is 14.1. The topological polar surface area (TPSA) is 93.6 Å². The number of hydrogen-bond donors (Lipinski definition) is 1. The fourth-order valence-corrected chi connectivity index (χ4v) is 5.21. The maximum Gasteiger partial charge on any atom is 0.178 e. The van der Waals surface area contributed by atoms with Crippen molar-refractivity contribution in [3.05, 3.63) is 83.3 Å². The van der Waals surface area contributed by atoms with E-state index >= 15 is 0 Å². The van der Waals surface area contributed by atoms with E-state index in [1.54, 1.807) is 42.6 Å². The first-order chi connectivity index (χ1) is 16.2. The van der Waals surface area contributed by atoms with Gasteiger partial charge in [0.1, 0.15) is 17.3 Å². The Kier molecular flexibility index (Phi) is 6.99. The van der Waals surface area contributed by atoms with Gasteiger partial charge in [-0.15, -0.1) is 0 Å². The van der Waals surface area contributed by atoms with E-state index in [-0.39, 0.29) is 22.2 Å². The first-order valence-electron chi connectivity index (χ1n) is 10.1. The predicted octanol–water partition coefficient (Wildman–Crippen LogP) is 6.00. The van der Waals surface area contributed by atoms with Crippen molar-refractivity contribution in [1.82, 2.24) is 4.98 Å². The summed E-state index contributed by atoms with van der Waals surface area (Å²) in [6.45, 7) is 1.48. The Hall–Kier alpha value is -2.85. The molecule has 34 heavy (non-hydrogen) atoms. The molecule has 176 valence electrons. The second-order valence-electron chi connectivity index (χ2n) is 7.41. The van der Waals surface area contributed by atoms with Crippen LogP contribution in [0.5, 0.6) is 11.5 Å². The number of sulfone groups is 1. The molecular weight excluding hydrogens is 501 g/mol. The van der Waals surface area contributed by atoms with Crippen LogP contribution in [0.3, 0.4) is 0 Å². The summed E-state index contributed by atoms with van der Waals surface area (Å²) in [5.74, 6) is -0.600. The van der Waals surface area contributed by atoms with Gasteiger partial charge in [-0.05, 0) is 47.5 Å². The van der Waals surface area contributed by atoms with E-state index in [0.29, 0.717) is 27.4 Å². The lowest BCUT2D eigenvalue weighted by Crippen LogP contribution is -2.04. The third-order valence-electron chi connectivity index (χ3n) is 5.18. The molecule has 4 rings (SSSR count). The number of hydrogen-bond acceptors (Lipinski definition) is 5. The number of rotatable bonds is 7. The highest BCUT2D eigenvalue weighted by atomic mass is 35.5. The number of aromatic nitrogens is 1. The molecule has 0 saturated carbocycles. The normalized spacial score (nSPS) is 12.6. The lowest BCUT2D eigenvalue weighted by atomic mass is 9.99. The zero-order chi connectivity index (χ0) is 24.5. The molecule has 0 aliphatic carbocycles. The number of para-hydroxylation sites is 1. The van der Waals surface area contributed by atoms with Crippen molar-refractivity contribution in [1.29, 1.82) is 0 Å². The van der Waals surface area contributed by atoms with Crippen molar-refractivity contribution in [3.8, 4) is 22.6 Å².